The molecule has 1 fully saturated rings. The van der Waals surface area contributed by atoms with Gasteiger partial charge in [-0.3, -0.25) is 0 Å². The molecular weight excluding hydrogens is 326 g/mol. The maximum atomic E-state index is 12.1. The van der Waals surface area contributed by atoms with Crippen molar-refractivity contribution in [3.05, 3.63) is 0 Å². The van der Waals surface area contributed by atoms with Crippen LogP contribution in [-0.2, 0) is 20.2 Å². The van der Waals surface area contributed by atoms with Crippen molar-refractivity contribution < 1.29 is 16.8 Å². The normalized spacial score (nSPS) is 19.6. The summed E-state index contributed by atoms with van der Waals surface area (Å²) in [5, 5.41) is 0. The van der Waals surface area contributed by atoms with Crippen molar-refractivity contribution >= 4 is 31.8 Å². The number of nitrogens with zero attached hydrogens (tertiary/aromatic N) is 3. The number of sulfonamides is 1. The van der Waals surface area contributed by atoms with Gasteiger partial charge in [0.25, 0.3) is 10.2 Å². The van der Waals surface area contributed by atoms with E-state index in [-0.39, 0.29) is 31.9 Å². The molecule has 1 aliphatic heterocycles. The lowest BCUT2D eigenvalue weighted by atomic mass is 10.4. The van der Waals surface area contributed by atoms with Crippen LogP contribution in [0.1, 0.15) is 12.8 Å². The number of hydrogen-bond acceptors (Lipinski definition) is 4. The van der Waals surface area contributed by atoms with E-state index in [1.54, 1.807) is 0 Å². The third-order valence-electron chi connectivity index (χ3n) is 3.16. The average Bonchev–Trinajstić information content (AvgIpc) is 2.39. The zero-order valence-electron chi connectivity index (χ0n) is 11.8. The summed E-state index contributed by atoms with van der Waals surface area (Å²) in [5.74, 6) is 0.518. The molecule has 7 nitrogen and oxygen atoms in total. The van der Waals surface area contributed by atoms with Crippen LogP contribution < -0.4 is 0 Å². The zero-order chi connectivity index (χ0) is 15.4. The van der Waals surface area contributed by atoms with Crippen molar-refractivity contribution in [1.82, 2.24) is 12.9 Å². The van der Waals surface area contributed by atoms with Crippen molar-refractivity contribution in [1.29, 1.82) is 0 Å². The first kappa shape index (κ1) is 18.1. The van der Waals surface area contributed by atoms with Gasteiger partial charge in [-0.25, -0.2) is 8.42 Å². The second-order valence-electron chi connectivity index (χ2n) is 4.80. The van der Waals surface area contributed by atoms with Crippen LogP contribution in [0.4, 0.5) is 0 Å². The maximum absolute atomic E-state index is 12.1. The van der Waals surface area contributed by atoms with Gasteiger partial charge in [0.05, 0.1) is 5.75 Å². The Morgan fingerprint density at radius 3 is 1.90 bits per heavy atom. The van der Waals surface area contributed by atoms with Crippen molar-refractivity contribution in [2.45, 2.75) is 12.8 Å². The Labute approximate surface area is 126 Å². The van der Waals surface area contributed by atoms with Gasteiger partial charge in [0.15, 0.2) is 0 Å². The van der Waals surface area contributed by atoms with Crippen molar-refractivity contribution in [3.8, 4) is 0 Å². The van der Waals surface area contributed by atoms with E-state index < -0.39 is 20.2 Å². The number of unbranched alkanes of at least 4 members (excludes halogenated alkanes) is 1. The second-order valence-corrected chi connectivity index (χ2v) is 9.41. The molecule has 20 heavy (non-hydrogen) atoms. The highest BCUT2D eigenvalue weighted by Crippen LogP contribution is 2.13. The molecule has 1 saturated heterocycles. The predicted molar refractivity (Wildman–Crippen MR) is 79.5 cm³/mol. The van der Waals surface area contributed by atoms with Gasteiger partial charge in [0.2, 0.25) is 10.0 Å². The number of rotatable bonds is 7. The van der Waals surface area contributed by atoms with E-state index in [2.05, 4.69) is 0 Å². The zero-order valence-corrected chi connectivity index (χ0v) is 14.2. The fourth-order valence-electron chi connectivity index (χ4n) is 1.92. The lowest BCUT2D eigenvalue weighted by Crippen LogP contribution is -2.53. The summed E-state index contributed by atoms with van der Waals surface area (Å²) in [7, 11) is -3.84. The molecule has 0 radical (unpaired) electrons. The van der Waals surface area contributed by atoms with E-state index >= 15 is 0 Å². The van der Waals surface area contributed by atoms with Crippen LogP contribution >= 0.6 is 11.6 Å². The molecule has 1 heterocycles. The third-order valence-corrected chi connectivity index (χ3v) is 7.33. The molecule has 0 aromatic heterocycles. The van der Waals surface area contributed by atoms with Crippen LogP contribution in [0.15, 0.2) is 0 Å². The number of piperazine rings is 1. The first-order valence-corrected chi connectivity index (χ1v) is 9.97. The van der Waals surface area contributed by atoms with E-state index in [9.17, 15) is 16.8 Å². The minimum absolute atomic E-state index is 0.0696. The second kappa shape index (κ2) is 7.37. The Morgan fingerprint density at radius 1 is 0.950 bits per heavy atom. The average molecular weight is 348 g/mol. The Balaban J connectivity index is 2.58. The molecule has 0 bridgehead atoms. The fourth-order valence-corrected chi connectivity index (χ4v) is 4.74. The lowest BCUT2D eigenvalue weighted by molar-refractivity contribution is 0.262. The minimum Gasteiger partial charge on any atom is -0.212 e. The fraction of sp³-hybridized carbons (Fsp3) is 1.00. The van der Waals surface area contributed by atoms with Gasteiger partial charge in [-0.15, -0.1) is 11.6 Å². The summed E-state index contributed by atoms with van der Waals surface area (Å²) >= 11 is 5.53. The quantitative estimate of drug-likeness (QED) is 0.470. The van der Waals surface area contributed by atoms with Gasteiger partial charge in [-0.05, 0) is 12.8 Å². The Kier molecular flexibility index (Phi) is 6.68. The molecular formula is C10H22ClN3O4S2. The first-order valence-electron chi connectivity index (χ1n) is 6.43. The highest BCUT2D eigenvalue weighted by molar-refractivity contribution is 7.89. The highest BCUT2D eigenvalue weighted by Gasteiger charge is 2.32. The Hall–Kier alpha value is 0.0700. The molecule has 120 valence electrons. The van der Waals surface area contributed by atoms with E-state index in [0.29, 0.717) is 18.7 Å². The SMILES string of the molecule is CN(C)S(=O)(=O)N1CCN(S(=O)(=O)CCCCCl)CC1. The van der Waals surface area contributed by atoms with Gasteiger partial charge in [-0.2, -0.15) is 21.3 Å². The summed E-state index contributed by atoms with van der Waals surface area (Å²) in [6.45, 7) is 0.789. The molecule has 0 aromatic rings. The predicted octanol–water partition coefficient (Wildman–Crippen LogP) is -0.241. The molecule has 0 spiro atoms. The summed E-state index contributed by atoms with van der Waals surface area (Å²) in [5.41, 5.74) is 0. The van der Waals surface area contributed by atoms with Gasteiger partial charge < -0.3 is 0 Å². The van der Waals surface area contributed by atoms with E-state index in [4.69, 9.17) is 11.6 Å². The molecule has 10 heteroatoms. The summed E-state index contributed by atoms with van der Waals surface area (Å²) < 4.78 is 51.8. The summed E-state index contributed by atoms with van der Waals surface area (Å²) in [6, 6.07) is 0. The maximum Gasteiger partial charge on any atom is 0.281 e. The van der Waals surface area contributed by atoms with E-state index in [1.165, 1.54) is 22.7 Å². The van der Waals surface area contributed by atoms with Crippen LogP contribution in [0.3, 0.4) is 0 Å². The summed E-state index contributed by atoms with van der Waals surface area (Å²) in [4.78, 5) is 0. The molecule has 1 aliphatic rings. The lowest BCUT2D eigenvalue weighted by Gasteiger charge is -2.34. The number of hydrogen-bond donors (Lipinski definition) is 0. The molecule has 0 saturated carbocycles. The Bertz CT molecular complexity index is 499. The molecule has 0 aliphatic carbocycles. The first-order chi connectivity index (χ1) is 9.21. The van der Waals surface area contributed by atoms with Crippen LogP contribution in [0.25, 0.3) is 0 Å². The minimum atomic E-state index is -3.46. The molecule has 0 atom stereocenters. The van der Waals surface area contributed by atoms with Crippen molar-refractivity contribution in [3.63, 3.8) is 0 Å². The molecule has 0 amide bonds. The number of alkyl halides is 1. The smallest absolute Gasteiger partial charge is 0.212 e. The van der Waals surface area contributed by atoms with Crippen LogP contribution in [-0.4, -0.2) is 81.7 Å². The molecule has 1 rings (SSSR count). The van der Waals surface area contributed by atoms with Gasteiger partial charge in [0.1, 0.15) is 0 Å². The Morgan fingerprint density at radius 2 is 1.45 bits per heavy atom. The number of halogens is 1. The van der Waals surface area contributed by atoms with Crippen LogP contribution in [0.5, 0.6) is 0 Å². The summed E-state index contributed by atoms with van der Waals surface area (Å²) in [6.07, 6.45) is 1.19. The van der Waals surface area contributed by atoms with Crippen LogP contribution in [0.2, 0.25) is 0 Å². The van der Waals surface area contributed by atoms with Crippen molar-refractivity contribution in [2.75, 3.05) is 51.9 Å². The highest BCUT2D eigenvalue weighted by atomic mass is 35.5. The van der Waals surface area contributed by atoms with E-state index in [0.717, 1.165) is 4.31 Å². The van der Waals surface area contributed by atoms with Gasteiger partial charge in [-0.1, -0.05) is 0 Å². The van der Waals surface area contributed by atoms with Crippen LogP contribution in [0, 0.1) is 0 Å². The standard InChI is InChI=1S/C10H22ClN3O4S2/c1-12(2)20(17,18)14-8-6-13(7-9-14)19(15,16)10-4-3-5-11/h3-10H2,1-2H3. The molecule has 0 unspecified atom stereocenters. The molecule has 0 N–H and O–H groups in total. The molecule has 0 aromatic carbocycles. The topological polar surface area (TPSA) is 78.0 Å². The van der Waals surface area contributed by atoms with E-state index in [1.807, 2.05) is 0 Å². The van der Waals surface area contributed by atoms with Gasteiger partial charge in [0, 0.05) is 46.2 Å². The largest absolute Gasteiger partial charge is 0.281 e. The third kappa shape index (κ3) is 4.54. The monoisotopic (exact) mass is 347 g/mol. The van der Waals surface area contributed by atoms with Crippen molar-refractivity contribution in [2.24, 2.45) is 0 Å². The van der Waals surface area contributed by atoms with Gasteiger partial charge >= 0.3 is 0 Å².